The van der Waals surface area contributed by atoms with Crippen LogP contribution in [0.15, 0.2) is 12.2 Å². The van der Waals surface area contributed by atoms with Gasteiger partial charge in [-0.15, -0.1) is 0 Å². The maximum Gasteiger partial charge on any atom is 0.335 e. The highest BCUT2D eigenvalue weighted by Gasteiger charge is 2.20. The summed E-state index contributed by atoms with van der Waals surface area (Å²) in [5.41, 5.74) is 0.686. The number of esters is 2. The van der Waals surface area contributed by atoms with Gasteiger partial charge in [0.05, 0.1) is 13.5 Å². The Hall–Kier alpha value is -1.36. The zero-order valence-electron chi connectivity index (χ0n) is 8.28. The van der Waals surface area contributed by atoms with Crippen molar-refractivity contribution in [3.63, 3.8) is 0 Å². The molecule has 1 unspecified atom stereocenters. The van der Waals surface area contributed by atoms with E-state index in [9.17, 15) is 9.59 Å². The molecule has 0 aliphatic rings. The second-order valence-corrected chi connectivity index (χ2v) is 2.86. The molecule has 0 aromatic rings. The summed E-state index contributed by atoms with van der Waals surface area (Å²) in [6.07, 6.45) is -1.86. The molecule has 0 saturated heterocycles. The minimum Gasteiger partial charge on any atom is -0.467 e. The van der Waals surface area contributed by atoms with Crippen molar-refractivity contribution in [2.75, 3.05) is 13.7 Å². The lowest BCUT2D eigenvalue weighted by molar-refractivity contribution is -0.157. The molecule has 0 spiro atoms. The number of hydrogen-bond donors (Lipinski definition) is 1. The van der Waals surface area contributed by atoms with Crippen molar-refractivity contribution < 1.29 is 24.2 Å². The van der Waals surface area contributed by atoms with Gasteiger partial charge in [0.25, 0.3) is 0 Å². The molecule has 0 aromatic carbocycles. The van der Waals surface area contributed by atoms with E-state index in [1.165, 1.54) is 0 Å². The van der Waals surface area contributed by atoms with Crippen molar-refractivity contribution in [2.24, 2.45) is 0 Å². The minimum atomic E-state index is -1.46. The summed E-state index contributed by atoms with van der Waals surface area (Å²) in [4.78, 5) is 21.6. The molecule has 80 valence electrons. The zero-order chi connectivity index (χ0) is 11.1. The monoisotopic (exact) mass is 202 g/mol. The Balaban J connectivity index is 3.82. The van der Waals surface area contributed by atoms with Crippen LogP contribution in [0.1, 0.15) is 13.3 Å². The number of hydrogen-bond acceptors (Lipinski definition) is 5. The lowest BCUT2D eigenvalue weighted by Gasteiger charge is -2.08. The lowest BCUT2D eigenvalue weighted by atomic mass is 10.2. The largest absolute Gasteiger partial charge is 0.467 e. The number of ether oxygens (including phenoxy) is 2. The smallest absolute Gasteiger partial charge is 0.335 e. The summed E-state index contributed by atoms with van der Waals surface area (Å²) in [7, 11) is 1.13. The maximum atomic E-state index is 10.9. The molecule has 0 heterocycles. The van der Waals surface area contributed by atoms with Gasteiger partial charge in [0.2, 0.25) is 0 Å². The molecule has 1 N–H and O–H groups in total. The molecule has 5 nitrogen and oxygen atoms in total. The SMILES string of the molecule is C=C(C)COC(=O)CC(O)C(=O)OC. The van der Waals surface area contributed by atoms with Gasteiger partial charge in [-0.25, -0.2) is 4.79 Å². The van der Waals surface area contributed by atoms with Crippen LogP contribution in [-0.2, 0) is 19.1 Å². The van der Waals surface area contributed by atoms with E-state index in [1.807, 2.05) is 0 Å². The predicted octanol–water partition coefficient (Wildman–Crippen LogP) is 0.0297. The molecule has 5 heteroatoms. The first kappa shape index (κ1) is 12.6. The summed E-state index contributed by atoms with van der Waals surface area (Å²) < 4.78 is 8.89. The van der Waals surface area contributed by atoms with Gasteiger partial charge in [-0.2, -0.15) is 0 Å². The summed E-state index contributed by atoms with van der Waals surface area (Å²) in [6.45, 7) is 5.31. The number of carbonyl (C=O) groups is 2. The number of aliphatic hydroxyl groups excluding tert-OH is 1. The molecule has 0 aliphatic heterocycles. The van der Waals surface area contributed by atoms with Crippen LogP contribution in [-0.4, -0.2) is 36.9 Å². The van der Waals surface area contributed by atoms with Crippen LogP contribution in [0, 0.1) is 0 Å². The number of rotatable bonds is 5. The van der Waals surface area contributed by atoms with Gasteiger partial charge in [-0.3, -0.25) is 4.79 Å². The zero-order valence-corrected chi connectivity index (χ0v) is 8.28. The van der Waals surface area contributed by atoms with E-state index in [0.29, 0.717) is 5.57 Å². The molecular weight excluding hydrogens is 188 g/mol. The Morgan fingerprint density at radius 1 is 1.50 bits per heavy atom. The van der Waals surface area contributed by atoms with Crippen molar-refractivity contribution in [1.29, 1.82) is 0 Å². The van der Waals surface area contributed by atoms with Gasteiger partial charge >= 0.3 is 11.9 Å². The third-order valence-corrected chi connectivity index (χ3v) is 1.31. The van der Waals surface area contributed by atoms with E-state index in [4.69, 9.17) is 5.11 Å². The van der Waals surface area contributed by atoms with Gasteiger partial charge in [0, 0.05) is 0 Å². The van der Waals surface area contributed by atoms with Gasteiger partial charge < -0.3 is 14.6 Å². The van der Waals surface area contributed by atoms with Crippen LogP contribution >= 0.6 is 0 Å². The molecule has 0 saturated carbocycles. The van der Waals surface area contributed by atoms with Gasteiger partial charge in [-0.05, 0) is 12.5 Å². The molecule has 0 aromatic heterocycles. The van der Waals surface area contributed by atoms with E-state index in [1.54, 1.807) is 6.92 Å². The molecule has 0 rings (SSSR count). The molecule has 0 amide bonds. The average Bonchev–Trinajstić information content (AvgIpc) is 2.13. The fraction of sp³-hybridized carbons (Fsp3) is 0.556. The van der Waals surface area contributed by atoms with E-state index in [2.05, 4.69) is 16.1 Å². The summed E-state index contributed by atoms with van der Waals surface area (Å²) >= 11 is 0. The summed E-state index contributed by atoms with van der Waals surface area (Å²) in [5.74, 6) is -1.51. The van der Waals surface area contributed by atoms with Crippen LogP contribution in [0.5, 0.6) is 0 Å². The van der Waals surface area contributed by atoms with Crippen molar-refractivity contribution in [3.8, 4) is 0 Å². The second kappa shape index (κ2) is 6.15. The fourth-order valence-corrected chi connectivity index (χ4v) is 0.640. The standard InChI is InChI=1S/C9H14O5/c1-6(2)5-14-8(11)4-7(10)9(12)13-3/h7,10H,1,4-5H2,2-3H3. The first-order valence-corrected chi connectivity index (χ1v) is 4.03. The first-order chi connectivity index (χ1) is 6.47. The van der Waals surface area contributed by atoms with E-state index in [0.717, 1.165) is 7.11 Å². The van der Waals surface area contributed by atoms with Crippen molar-refractivity contribution in [1.82, 2.24) is 0 Å². The molecule has 0 radical (unpaired) electrons. The molecule has 0 bridgehead atoms. The van der Waals surface area contributed by atoms with Crippen LogP contribution in [0.3, 0.4) is 0 Å². The molecule has 1 atom stereocenters. The van der Waals surface area contributed by atoms with Crippen LogP contribution in [0.2, 0.25) is 0 Å². The normalized spacial score (nSPS) is 11.6. The van der Waals surface area contributed by atoms with Gasteiger partial charge in [-0.1, -0.05) is 6.58 Å². The second-order valence-electron chi connectivity index (χ2n) is 2.86. The van der Waals surface area contributed by atoms with E-state index in [-0.39, 0.29) is 6.61 Å². The number of aliphatic hydroxyl groups is 1. The quantitative estimate of drug-likeness (QED) is 0.503. The highest BCUT2D eigenvalue weighted by molar-refractivity contribution is 5.81. The Morgan fingerprint density at radius 2 is 2.07 bits per heavy atom. The lowest BCUT2D eigenvalue weighted by Crippen LogP contribution is -2.26. The first-order valence-electron chi connectivity index (χ1n) is 4.03. The van der Waals surface area contributed by atoms with Gasteiger partial charge in [0.1, 0.15) is 6.61 Å². The highest BCUT2D eigenvalue weighted by atomic mass is 16.5. The van der Waals surface area contributed by atoms with Crippen LogP contribution in [0.4, 0.5) is 0 Å². The summed E-state index contributed by atoms with van der Waals surface area (Å²) in [5, 5.41) is 9.06. The van der Waals surface area contributed by atoms with E-state index >= 15 is 0 Å². The van der Waals surface area contributed by atoms with E-state index < -0.39 is 24.5 Å². The number of carbonyl (C=O) groups excluding carboxylic acids is 2. The van der Waals surface area contributed by atoms with Crippen LogP contribution in [0.25, 0.3) is 0 Å². The Morgan fingerprint density at radius 3 is 2.50 bits per heavy atom. The predicted molar refractivity (Wildman–Crippen MR) is 48.4 cm³/mol. The van der Waals surface area contributed by atoms with Crippen molar-refractivity contribution in [2.45, 2.75) is 19.4 Å². The third kappa shape index (κ3) is 5.31. The molecule has 0 aliphatic carbocycles. The number of methoxy groups -OCH3 is 1. The minimum absolute atomic E-state index is 0.0900. The molecule has 14 heavy (non-hydrogen) atoms. The third-order valence-electron chi connectivity index (χ3n) is 1.31. The van der Waals surface area contributed by atoms with Crippen LogP contribution < -0.4 is 0 Å². The maximum absolute atomic E-state index is 10.9. The van der Waals surface area contributed by atoms with Crippen molar-refractivity contribution in [3.05, 3.63) is 12.2 Å². The Kier molecular flexibility index (Phi) is 5.55. The average molecular weight is 202 g/mol. The van der Waals surface area contributed by atoms with Crippen molar-refractivity contribution >= 4 is 11.9 Å². The Bertz CT molecular complexity index is 233. The van der Waals surface area contributed by atoms with Gasteiger partial charge in [0.15, 0.2) is 6.10 Å². The fourth-order valence-electron chi connectivity index (χ4n) is 0.640. The molecule has 0 fully saturated rings. The highest BCUT2D eigenvalue weighted by Crippen LogP contribution is 1.98. The molecular formula is C9H14O5. The summed E-state index contributed by atoms with van der Waals surface area (Å²) in [6, 6.07) is 0. The Labute approximate surface area is 82.3 Å². The topological polar surface area (TPSA) is 72.8 Å².